The van der Waals surface area contributed by atoms with Gasteiger partial charge in [0.15, 0.2) is 11.6 Å². The van der Waals surface area contributed by atoms with Gasteiger partial charge < -0.3 is 15.3 Å². The van der Waals surface area contributed by atoms with Gasteiger partial charge in [-0.3, -0.25) is 0 Å². The molecule has 0 heterocycles. The molecule has 108 valence electrons. The number of aliphatic hydroxyl groups is 2. The van der Waals surface area contributed by atoms with Crippen LogP contribution in [-0.4, -0.2) is 33.9 Å². The van der Waals surface area contributed by atoms with Crippen LogP contribution in [0.2, 0.25) is 0 Å². The molecule has 1 aromatic rings. The van der Waals surface area contributed by atoms with Gasteiger partial charge in [-0.1, -0.05) is 5.11 Å². The summed E-state index contributed by atoms with van der Waals surface area (Å²) in [5.74, 6) is -4.28. The summed E-state index contributed by atoms with van der Waals surface area (Å²) in [5, 5.41) is 31.4. The highest BCUT2D eigenvalue weighted by Crippen LogP contribution is 2.25. The lowest BCUT2D eigenvalue weighted by atomic mass is 9.96. The Hall–Kier alpha value is -2.22. The van der Waals surface area contributed by atoms with Gasteiger partial charge in [0.25, 0.3) is 0 Å². The van der Waals surface area contributed by atoms with Gasteiger partial charge in [0, 0.05) is 17.0 Å². The van der Waals surface area contributed by atoms with E-state index < -0.39 is 40.9 Å². The number of carbonyl (C=O) groups is 1. The molecular formula is C11H11F2N3O4. The molecule has 1 aromatic carbocycles. The quantitative estimate of drug-likeness (QED) is 0.418. The molecule has 0 saturated carbocycles. The zero-order valence-corrected chi connectivity index (χ0v) is 10.1. The van der Waals surface area contributed by atoms with Crippen LogP contribution < -0.4 is 0 Å². The summed E-state index contributed by atoms with van der Waals surface area (Å²) in [6.45, 7) is -0.138. The average Bonchev–Trinajstić information content (AvgIpc) is 2.40. The van der Waals surface area contributed by atoms with Crippen molar-refractivity contribution in [3.05, 3.63) is 45.3 Å². The Kier molecular flexibility index (Phi) is 5.39. The summed E-state index contributed by atoms with van der Waals surface area (Å²) in [5.41, 5.74) is 6.96. The number of carboxylic acids is 1. The van der Waals surface area contributed by atoms with Gasteiger partial charge in [-0.15, -0.1) is 0 Å². The maximum Gasteiger partial charge on any atom is 0.336 e. The Bertz CT molecular complexity index is 561. The van der Waals surface area contributed by atoms with Gasteiger partial charge in [-0.05, 0) is 24.1 Å². The number of aromatic carboxylic acids is 1. The first kappa shape index (κ1) is 15.8. The van der Waals surface area contributed by atoms with Crippen LogP contribution in [-0.2, 0) is 0 Å². The first-order valence-corrected chi connectivity index (χ1v) is 5.47. The molecule has 0 saturated heterocycles. The monoisotopic (exact) mass is 287 g/mol. The molecule has 0 radical (unpaired) electrons. The van der Waals surface area contributed by atoms with E-state index in [2.05, 4.69) is 10.0 Å². The van der Waals surface area contributed by atoms with Gasteiger partial charge in [-0.25, -0.2) is 13.6 Å². The molecule has 0 bridgehead atoms. The maximum absolute atomic E-state index is 13.1. The molecule has 20 heavy (non-hydrogen) atoms. The Morgan fingerprint density at radius 3 is 2.50 bits per heavy atom. The van der Waals surface area contributed by atoms with E-state index in [9.17, 15) is 23.8 Å². The summed E-state index contributed by atoms with van der Waals surface area (Å²) in [6.07, 6.45) is -3.39. The molecule has 1 rings (SSSR count). The zero-order chi connectivity index (χ0) is 15.3. The predicted molar refractivity (Wildman–Crippen MR) is 62.9 cm³/mol. The molecule has 0 aromatic heterocycles. The zero-order valence-electron chi connectivity index (χ0n) is 10.1. The molecule has 2 atom stereocenters. The summed E-state index contributed by atoms with van der Waals surface area (Å²) >= 11 is 0. The van der Waals surface area contributed by atoms with E-state index in [0.717, 1.165) is 0 Å². The number of carboxylic acid groups (broad SMARTS) is 1. The van der Waals surface area contributed by atoms with Crippen molar-refractivity contribution in [2.24, 2.45) is 5.11 Å². The van der Waals surface area contributed by atoms with Crippen molar-refractivity contribution in [1.82, 2.24) is 0 Å². The van der Waals surface area contributed by atoms with Crippen LogP contribution in [0, 0.1) is 11.6 Å². The third-order valence-electron chi connectivity index (χ3n) is 2.59. The molecule has 0 spiro atoms. The Morgan fingerprint density at radius 2 is 1.95 bits per heavy atom. The Labute approximate surface area is 111 Å². The molecule has 9 heteroatoms. The molecule has 0 amide bonds. The lowest BCUT2D eigenvalue weighted by molar-refractivity contribution is 0.0138. The number of aliphatic hydroxyl groups excluding tert-OH is 2. The standard InChI is InChI=1S/C11H11F2N3O4/c12-7-3-5(6(11(19)20)4-8(7)13)10(18)9(17)1-2-15-16-14/h3-4,9-10,17-18H,1-2H2,(H,19,20). The van der Waals surface area contributed by atoms with Crippen LogP contribution in [0.25, 0.3) is 10.4 Å². The summed E-state index contributed by atoms with van der Waals surface area (Å²) in [7, 11) is 0. The average molecular weight is 287 g/mol. The minimum atomic E-state index is -1.75. The second kappa shape index (κ2) is 6.80. The normalized spacial score (nSPS) is 13.4. The minimum absolute atomic E-state index is 0.138. The van der Waals surface area contributed by atoms with E-state index >= 15 is 0 Å². The molecule has 0 fully saturated rings. The van der Waals surface area contributed by atoms with Crippen molar-refractivity contribution in [3.8, 4) is 0 Å². The lowest BCUT2D eigenvalue weighted by Crippen LogP contribution is -2.22. The van der Waals surface area contributed by atoms with Crippen LogP contribution in [0.5, 0.6) is 0 Å². The number of hydrogen-bond donors (Lipinski definition) is 3. The Balaban J connectivity index is 3.07. The number of azide groups is 1. The highest BCUT2D eigenvalue weighted by molar-refractivity contribution is 5.89. The summed E-state index contributed by atoms with van der Waals surface area (Å²) in [6, 6.07) is 0.941. The van der Waals surface area contributed by atoms with E-state index in [4.69, 9.17) is 10.6 Å². The molecule has 0 aliphatic rings. The van der Waals surface area contributed by atoms with Gasteiger partial charge in [-0.2, -0.15) is 0 Å². The van der Waals surface area contributed by atoms with Gasteiger partial charge >= 0.3 is 5.97 Å². The molecule has 3 N–H and O–H groups in total. The van der Waals surface area contributed by atoms with Crippen LogP contribution in [0.15, 0.2) is 17.2 Å². The first-order chi connectivity index (χ1) is 9.38. The smallest absolute Gasteiger partial charge is 0.336 e. The maximum atomic E-state index is 13.1. The van der Waals surface area contributed by atoms with E-state index in [1.165, 1.54) is 0 Å². The molecule has 0 aliphatic carbocycles. The number of rotatable bonds is 6. The third-order valence-corrected chi connectivity index (χ3v) is 2.59. The molecule has 7 nitrogen and oxygen atoms in total. The van der Waals surface area contributed by atoms with E-state index in [-0.39, 0.29) is 13.0 Å². The second-order valence-electron chi connectivity index (χ2n) is 3.91. The van der Waals surface area contributed by atoms with Crippen molar-refractivity contribution in [3.63, 3.8) is 0 Å². The highest BCUT2D eigenvalue weighted by atomic mass is 19.2. The second-order valence-corrected chi connectivity index (χ2v) is 3.91. The van der Waals surface area contributed by atoms with Gasteiger partial charge in [0.2, 0.25) is 0 Å². The Morgan fingerprint density at radius 1 is 1.35 bits per heavy atom. The molecule has 0 aliphatic heterocycles. The summed E-state index contributed by atoms with van der Waals surface area (Å²) < 4.78 is 26.1. The van der Waals surface area contributed by atoms with Crippen molar-refractivity contribution in [2.45, 2.75) is 18.6 Å². The fourth-order valence-electron chi connectivity index (χ4n) is 1.59. The fraction of sp³-hybridized carbons (Fsp3) is 0.364. The van der Waals surface area contributed by atoms with Crippen molar-refractivity contribution in [1.29, 1.82) is 0 Å². The lowest BCUT2D eigenvalue weighted by Gasteiger charge is -2.19. The minimum Gasteiger partial charge on any atom is -0.478 e. The number of benzene rings is 1. The topological polar surface area (TPSA) is 127 Å². The summed E-state index contributed by atoms with van der Waals surface area (Å²) in [4.78, 5) is 13.4. The molecular weight excluding hydrogens is 276 g/mol. The fourth-order valence-corrected chi connectivity index (χ4v) is 1.59. The van der Waals surface area contributed by atoms with Crippen LogP contribution in [0.4, 0.5) is 8.78 Å². The van der Waals surface area contributed by atoms with Crippen molar-refractivity contribution < 1.29 is 28.9 Å². The first-order valence-electron chi connectivity index (χ1n) is 5.47. The number of nitrogens with zero attached hydrogens (tertiary/aromatic N) is 3. The highest BCUT2D eigenvalue weighted by Gasteiger charge is 2.25. The van der Waals surface area contributed by atoms with Crippen LogP contribution in [0.1, 0.15) is 28.4 Å². The van der Waals surface area contributed by atoms with Gasteiger partial charge in [0.05, 0.1) is 11.7 Å². The van der Waals surface area contributed by atoms with E-state index in [1.54, 1.807) is 0 Å². The SMILES string of the molecule is [N-]=[N+]=NCCC(O)C(O)c1cc(F)c(F)cc1C(=O)O. The van der Waals surface area contributed by atoms with E-state index in [0.29, 0.717) is 12.1 Å². The van der Waals surface area contributed by atoms with Crippen molar-refractivity contribution >= 4 is 5.97 Å². The predicted octanol–water partition coefficient (Wildman–Crippen LogP) is 1.76. The van der Waals surface area contributed by atoms with Crippen molar-refractivity contribution in [2.75, 3.05) is 6.54 Å². The third kappa shape index (κ3) is 3.64. The number of halogens is 2. The van der Waals surface area contributed by atoms with Crippen LogP contribution >= 0.6 is 0 Å². The number of hydrogen-bond acceptors (Lipinski definition) is 4. The van der Waals surface area contributed by atoms with Gasteiger partial charge in [0.1, 0.15) is 6.10 Å². The largest absolute Gasteiger partial charge is 0.478 e. The van der Waals surface area contributed by atoms with Crippen LogP contribution in [0.3, 0.4) is 0 Å². The molecule has 2 unspecified atom stereocenters. The van der Waals surface area contributed by atoms with E-state index in [1.807, 2.05) is 0 Å².